The molecule has 0 aliphatic carbocycles. The number of aliphatic hydroxyl groups excluding tert-OH is 4. The molecule has 0 saturated carbocycles. The lowest BCUT2D eigenvalue weighted by atomic mass is 9.98. The van der Waals surface area contributed by atoms with Crippen molar-refractivity contribution in [3.63, 3.8) is 0 Å². The van der Waals surface area contributed by atoms with Crippen molar-refractivity contribution in [2.45, 2.75) is 95.9 Å². The van der Waals surface area contributed by atoms with Crippen molar-refractivity contribution in [1.29, 1.82) is 0 Å². The standard InChI is InChI=1S/C34H52N4O8/c1-22(2)31(38-30(43)18-25(40)21-39)32(44)36-26(16-23-12-8-6-9-13-23)28(41)19-35-20-29(42)27(17-24-14-10-7-11-15-24)37-33(45)46-34(3,4)5/h6-15,22,25-29,31,35,39-42H,16-21H2,1-5H3,(H,36,44)(H,37,45)(H,38,43)/t25?,26-,27-,28+,29+,31-/m0/s1. The fourth-order valence-corrected chi connectivity index (χ4v) is 4.74. The summed E-state index contributed by atoms with van der Waals surface area (Å²) in [6.07, 6.45) is -3.76. The molecule has 0 spiro atoms. The Morgan fingerprint density at radius 3 is 1.67 bits per heavy atom. The molecule has 0 radical (unpaired) electrons. The van der Waals surface area contributed by atoms with Crippen molar-refractivity contribution in [2.24, 2.45) is 5.92 Å². The van der Waals surface area contributed by atoms with Gasteiger partial charge in [-0.2, -0.15) is 0 Å². The lowest BCUT2D eigenvalue weighted by molar-refractivity contribution is -0.132. The van der Waals surface area contributed by atoms with Gasteiger partial charge >= 0.3 is 6.09 Å². The summed E-state index contributed by atoms with van der Waals surface area (Å²) in [5, 5.41) is 52.3. The largest absolute Gasteiger partial charge is 0.444 e. The van der Waals surface area contributed by atoms with Crippen LogP contribution in [0.1, 0.15) is 52.2 Å². The summed E-state index contributed by atoms with van der Waals surface area (Å²) in [4.78, 5) is 38.3. The van der Waals surface area contributed by atoms with Crippen LogP contribution in [0.5, 0.6) is 0 Å². The molecule has 256 valence electrons. The molecule has 0 aliphatic rings. The summed E-state index contributed by atoms with van der Waals surface area (Å²) in [6, 6.07) is 16.3. The molecule has 2 aromatic rings. The Labute approximate surface area is 271 Å². The van der Waals surface area contributed by atoms with Crippen LogP contribution in [0.3, 0.4) is 0 Å². The zero-order valence-electron chi connectivity index (χ0n) is 27.5. The number of alkyl carbamates (subject to hydrolysis) is 1. The van der Waals surface area contributed by atoms with E-state index in [2.05, 4.69) is 21.3 Å². The van der Waals surface area contributed by atoms with E-state index in [-0.39, 0.29) is 31.8 Å². The molecule has 0 bridgehead atoms. The molecule has 0 fully saturated rings. The van der Waals surface area contributed by atoms with E-state index in [9.17, 15) is 29.7 Å². The van der Waals surface area contributed by atoms with Crippen LogP contribution in [-0.2, 0) is 27.2 Å². The third-order valence-corrected chi connectivity index (χ3v) is 7.16. The van der Waals surface area contributed by atoms with Gasteiger partial charge < -0.3 is 46.4 Å². The number of hydrogen-bond donors (Lipinski definition) is 8. The van der Waals surface area contributed by atoms with Gasteiger partial charge in [0.2, 0.25) is 11.8 Å². The molecule has 12 heteroatoms. The van der Waals surface area contributed by atoms with Gasteiger partial charge in [0.25, 0.3) is 0 Å². The maximum atomic E-state index is 13.4. The molecule has 0 aliphatic heterocycles. The molecule has 6 atom stereocenters. The molecule has 2 rings (SSSR count). The molecule has 12 nitrogen and oxygen atoms in total. The van der Waals surface area contributed by atoms with E-state index in [0.717, 1.165) is 11.1 Å². The number of amides is 3. The van der Waals surface area contributed by atoms with Gasteiger partial charge in [0.05, 0.1) is 43.4 Å². The second-order valence-electron chi connectivity index (χ2n) is 12.9. The number of rotatable bonds is 18. The summed E-state index contributed by atoms with van der Waals surface area (Å²) in [5.74, 6) is -1.40. The van der Waals surface area contributed by atoms with Crippen LogP contribution >= 0.6 is 0 Å². The van der Waals surface area contributed by atoms with Crippen LogP contribution in [0.25, 0.3) is 0 Å². The van der Waals surface area contributed by atoms with Crippen molar-refractivity contribution < 1.29 is 39.5 Å². The Morgan fingerprint density at radius 1 is 0.761 bits per heavy atom. The number of hydrogen-bond acceptors (Lipinski definition) is 9. The number of carbonyl (C=O) groups excluding carboxylic acids is 3. The molecule has 1 unspecified atom stereocenters. The van der Waals surface area contributed by atoms with Gasteiger partial charge in [-0.05, 0) is 50.7 Å². The molecule has 0 aromatic heterocycles. The smallest absolute Gasteiger partial charge is 0.407 e. The summed E-state index contributed by atoms with van der Waals surface area (Å²) in [5.41, 5.74) is 1.06. The van der Waals surface area contributed by atoms with Crippen molar-refractivity contribution in [3.05, 3.63) is 71.8 Å². The SMILES string of the molecule is CC(C)[C@H](NC(=O)CC(O)CO)C(=O)N[C@@H](Cc1ccccc1)[C@H](O)CNC[C@@H](O)[C@H](Cc1ccccc1)NC(=O)OC(C)(C)C. The topological polar surface area (TPSA) is 189 Å². The number of carbonyl (C=O) groups is 3. The Hall–Kier alpha value is -3.55. The molecule has 0 saturated heterocycles. The minimum absolute atomic E-state index is 0.000726. The van der Waals surface area contributed by atoms with Crippen molar-refractivity contribution in [1.82, 2.24) is 21.3 Å². The maximum Gasteiger partial charge on any atom is 0.407 e. The number of aliphatic hydroxyl groups is 4. The van der Waals surface area contributed by atoms with Crippen LogP contribution in [-0.4, -0.2) is 100 Å². The fraction of sp³-hybridized carbons (Fsp3) is 0.559. The molecular formula is C34H52N4O8. The first kappa shape index (κ1) is 38.6. The van der Waals surface area contributed by atoms with Gasteiger partial charge in [-0.1, -0.05) is 74.5 Å². The summed E-state index contributed by atoms with van der Waals surface area (Å²) >= 11 is 0. The monoisotopic (exact) mass is 644 g/mol. The Morgan fingerprint density at radius 2 is 1.24 bits per heavy atom. The average molecular weight is 645 g/mol. The zero-order valence-corrected chi connectivity index (χ0v) is 27.5. The molecule has 8 N–H and O–H groups in total. The molecule has 46 heavy (non-hydrogen) atoms. The molecule has 0 heterocycles. The van der Waals surface area contributed by atoms with Crippen LogP contribution < -0.4 is 21.3 Å². The maximum absolute atomic E-state index is 13.4. The lowest BCUT2D eigenvalue weighted by Crippen LogP contribution is -2.57. The van der Waals surface area contributed by atoms with E-state index in [4.69, 9.17) is 9.84 Å². The highest BCUT2D eigenvalue weighted by Gasteiger charge is 2.30. The van der Waals surface area contributed by atoms with Crippen LogP contribution in [0.15, 0.2) is 60.7 Å². The van der Waals surface area contributed by atoms with E-state index in [0.29, 0.717) is 6.42 Å². The molecule has 3 amide bonds. The van der Waals surface area contributed by atoms with Crippen LogP contribution in [0.2, 0.25) is 0 Å². The predicted molar refractivity (Wildman–Crippen MR) is 175 cm³/mol. The summed E-state index contributed by atoms with van der Waals surface area (Å²) in [7, 11) is 0. The second-order valence-corrected chi connectivity index (χ2v) is 12.9. The first-order valence-electron chi connectivity index (χ1n) is 15.7. The third kappa shape index (κ3) is 14.7. The van der Waals surface area contributed by atoms with Gasteiger partial charge in [0.1, 0.15) is 11.6 Å². The first-order chi connectivity index (χ1) is 21.7. The van der Waals surface area contributed by atoms with Crippen LogP contribution in [0, 0.1) is 5.92 Å². The minimum Gasteiger partial charge on any atom is -0.444 e. The summed E-state index contributed by atoms with van der Waals surface area (Å²) in [6.45, 7) is 8.22. The molecule has 2 aromatic carbocycles. The molecular weight excluding hydrogens is 592 g/mol. The Bertz CT molecular complexity index is 1190. The summed E-state index contributed by atoms with van der Waals surface area (Å²) < 4.78 is 5.40. The van der Waals surface area contributed by atoms with Crippen molar-refractivity contribution >= 4 is 17.9 Å². The zero-order chi connectivity index (χ0) is 34.3. The van der Waals surface area contributed by atoms with E-state index in [1.165, 1.54) is 0 Å². The van der Waals surface area contributed by atoms with Crippen molar-refractivity contribution in [3.8, 4) is 0 Å². The predicted octanol–water partition coefficient (Wildman–Crippen LogP) is 1.05. The fourth-order valence-electron chi connectivity index (χ4n) is 4.74. The minimum atomic E-state index is -1.24. The number of nitrogens with one attached hydrogen (secondary N) is 4. The Kier molecular flexibility index (Phi) is 16.1. The number of benzene rings is 2. The first-order valence-corrected chi connectivity index (χ1v) is 15.7. The highest BCUT2D eigenvalue weighted by Crippen LogP contribution is 2.12. The highest BCUT2D eigenvalue weighted by molar-refractivity contribution is 5.88. The van der Waals surface area contributed by atoms with E-state index < -0.39 is 66.6 Å². The lowest BCUT2D eigenvalue weighted by Gasteiger charge is -2.30. The number of ether oxygens (including phenoxy) is 1. The van der Waals surface area contributed by atoms with Gasteiger partial charge in [-0.15, -0.1) is 0 Å². The van der Waals surface area contributed by atoms with Gasteiger partial charge in [-0.25, -0.2) is 4.79 Å². The Balaban J connectivity index is 2.11. The van der Waals surface area contributed by atoms with Crippen LogP contribution in [0.4, 0.5) is 4.79 Å². The van der Waals surface area contributed by atoms with E-state index >= 15 is 0 Å². The average Bonchev–Trinajstić information content (AvgIpc) is 2.98. The van der Waals surface area contributed by atoms with Gasteiger partial charge in [0.15, 0.2) is 0 Å². The second kappa shape index (κ2) is 19.2. The third-order valence-electron chi connectivity index (χ3n) is 7.16. The van der Waals surface area contributed by atoms with Crippen molar-refractivity contribution in [2.75, 3.05) is 19.7 Å². The normalized spacial score (nSPS) is 15.6. The quantitative estimate of drug-likeness (QED) is 0.117. The van der Waals surface area contributed by atoms with Gasteiger partial charge in [0, 0.05) is 13.1 Å². The van der Waals surface area contributed by atoms with Gasteiger partial charge in [-0.3, -0.25) is 9.59 Å². The van der Waals surface area contributed by atoms with E-state index in [1.807, 2.05) is 60.7 Å². The van der Waals surface area contributed by atoms with E-state index in [1.54, 1.807) is 34.6 Å². The highest BCUT2D eigenvalue weighted by atomic mass is 16.6.